The van der Waals surface area contributed by atoms with Crippen molar-refractivity contribution in [2.24, 2.45) is 17.6 Å². The van der Waals surface area contributed by atoms with Crippen LogP contribution in [0.5, 0.6) is 0 Å². The van der Waals surface area contributed by atoms with Gasteiger partial charge in [0.2, 0.25) is 5.91 Å². The van der Waals surface area contributed by atoms with Crippen molar-refractivity contribution in [3.05, 3.63) is 0 Å². The molecule has 2 aliphatic rings. The van der Waals surface area contributed by atoms with Crippen molar-refractivity contribution in [2.75, 3.05) is 26.2 Å². The molecule has 1 aliphatic carbocycles. The molecule has 110 valence electrons. The Kier molecular flexibility index (Phi) is 4.85. The van der Waals surface area contributed by atoms with E-state index >= 15 is 0 Å². The molecule has 0 spiro atoms. The number of carbonyl (C=O) groups excluding carboxylic acids is 1. The summed E-state index contributed by atoms with van der Waals surface area (Å²) < 4.78 is 0. The van der Waals surface area contributed by atoms with Crippen molar-refractivity contribution in [2.45, 2.75) is 51.5 Å². The number of unbranched alkanes of at least 4 members (excludes halogenated alkanes) is 1. The maximum Gasteiger partial charge on any atom is 0.240 e. The summed E-state index contributed by atoms with van der Waals surface area (Å²) in [5.74, 6) is 1.71. The first-order valence-corrected chi connectivity index (χ1v) is 7.79. The van der Waals surface area contributed by atoms with Crippen molar-refractivity contribution < 1.29 is 4.79 Å². The van der Waals surface area contributed by atoms with E-state index in [4.69, 9.17) is 5.73 Å². The lowest BCUT2D eigenvalue weighted by Gasteiger charge is -2.34. The third kappa shape index (κ3) is 4.46. The van der Waals surface area contributed by atoms with E-state index in [1.54, 1.807) is 0 Å². The highest BCUT2D eigenvalue weighted by Crippen LogP contribution is 2.32. The minimum atomic E-state index is -0.516. The number of nitrogens with one attached hydrogen (secondary N) is 1. The van der Waals surface area contributed by atoms with E-state index < -0.39 is 5.54 Å². The lowest BCUT2D eigenvalue weighted by atomic mass is 9.92. The SMILES string of the molecule is CC1CC(C)CN(CCCCNC(=O)C2(N)CC2)C1. The van der Waals surface area contributed by atoms with Crippen LogP contribution in [0, 0.1) is 11.8 Å². The molecule has 19 heavy (non-hydrogen) atoms. The molecule has 2 fully saturated rings. The van der Waals surface area contributed by atoms with Gasteiger partial charge in [-0.1, -0.05) is 13.8 Å². The maximum atomic E-state index is 11.6. The minimum absolute atomic E-state index is 0.0488. The molecule has 2 atom stereocenters. The molecule has 1 saturated heterocycles. The standard InChI is InChI=1S/C15H29N3O/c1-12-9-13(2)11-18(10-12)8-4-3-7-17-14(19)15(16)5-6-15/h12-13H,3-11,16H2,1-2H3,(H,17,19). The molecular formula is C15H29N3O. The fourth-order valence-electron chi connectivity index (χ4n) is 3.17. The van der Waals surface area contributed by atoms with Gasteiger partial charge in [-0.25, -0.2) is 0 Å². The maximum absolute atomic E-state index is 11.6. The summed E-state index contributed by atoms with van der Waals surface area (Å²) in [6.45, 7) is 9.11. The number of hydrogen-bond donors (Lipinski definition) is 2. The third-order valence-corrected chi connectivity index (χ3v) is 4.37. The van der Waals surface area contributed by atoms with Crippen molar-refractivity contribution in [3.8, 4) is 0 Å². The first-order chi connectivity index (χ1) is 8.99. The van der Waals surface area contributed by atoms with E-state index in [0.29, 0.717) is 0 Å². The fraction of sp³-hybridized carbons (Fsp3) is 0.933. The van der Waals surface area contributed by atoms with Gasteiger partial charge >= 0.3 is 0 Å². The highest BCUT2D eigenvalue weighted by atomic mass is 16.2. The van der Waals surface area contributed by atoms with E-state index in [9.17, 15) is 4.79 Å². The van der Waals surface area contributed by atoms with Gasteiger partial charge in [0.05, 0.1) is 5.54 Å². The normalized spacial score (nSPS) is 30.1. The Bertz CT molecular complexity index is 305. The lowest BCUT2D eigenvalue weighted by Crippen LogP contribution is -2.43. The average molecular weight is 267 g/mol. The average Bonchev–Trinajstić information content (AvgIpc) is 3.07. The molecule has 0 bridgehead atoms. The number of amides is 1. The molecule has 1 aliphatic heterocycles. The van der Waals surface area contributed by atoms with Gasteiger partial charge in [-0.05, 0) is 50.5 Å². The molecule has 2 unspecified atom stereocenters. The Morgan fingerprint density at radius 1 is 1.26 bits per heavy atom. The summed E-state index contributed by atoms with van der Waals surface area (Å²) in [5, 5.41) is 2.96. The zero-order valence-corrected chi connectivity index (χ0v) is 12.5. The molecule has 4 nitrogen and oxygen atoms in total. The molecule has 0 aromatic carbocycles. The molecule has 0 aromatic heterocycles. The van der Waals surface area contributed by atoms with E-state index in [1.165, 1.54) is 19.5 Å². The van der Waals surface area contributed by atoms with Gasteiger partial charge in [0.25, 0.3) is 0 Å². The van der Waals surface area contributed by atoms with Gasteiger partial charge in [-0.3, -0.25) is 4.79 Å². The number of likely N-dealkylation sites (tertiary alicyclic amines) is 1. The van der Waals surface area contributed by atoms with Crippen molar-refractivity contribution in [1.29, 1.82) is 0 Å². The summed E-state index contributed by atoms with van der Waals surface area (Å²) in [4.78, 5) is 14.2. The monoisotopic (exact) mass is 267 g/mol. The van der Waals surface area contributed by atoms with Crippen LogP contribution < -0.4 is 11.1 Å². The van der Waals surface area contributed by atoms with Crippen LogP contribution in [0.3, 0.4) is 0 Å². The molecule has 3 N–H and O–H groups in total. The second-order valence-electron chi connectivity index (χ2n) is 6.82. The molecule has 0 aromatic rings. The van der Waals surface area contributed by atoms with Crippen molar-refractivity contribution in [3.63, 3.8) is 0 Å². The summed E-state index contributed by atoms with van der Waals surface area (Å²) in [7, 11) is 0. The smallest absolute Gasteiger partial charge is 0.240 e. The number of carbonyl (C=O) groups is 1. The molecular weight excluding hydrogens is 238 g/mol. The number of rotatable bonds is 6. The summed E-state index contributed by atoms with van der Waals surface area (Å²) in [6.07, 6.45) is 5.29. The zero-order chi connectivity index (χ0) is 13.9. The molecule has 2 rings (SSSR count). The first kappa shape index (κ1) is 14.8. The number of nitrogens with two attached hydrogens (primary N) is 1. The lowest BCUT2D eigenvalue weighted by molar-refractivity contribution is -0.123. The predicted octanol–water partition coefficient (Wildman–Crippen LogP) is 1.35. The Morgan fingerprint density at radius 2 is 1.89 bits per heavy atom. The van der Waals surface area contributed by atoms with Crippen LogP contribution in [0.15, 0.2) is 0 Å². The molecule has 1 amide bonds. The van der Waals surface area contributed by atoms with Crippen molar-refractivity contribution in [1.82, 2.24) is 10.2 Å². The van der Waals surface area contributed by atoms with Gasteiger partial charge in [0, 0.05) is 19.6 Å². The Balaban J connectivity index is 1.53. The van der Waals surface area contributed by atoms with Crippen LogP contribution in [0.25, 0.3) is 0 Å². The predicted molar refractivity (Wildman–Crippen MR) is 77.8 cm³/mol. The number of hydrogen-bond acceptors (Lipinski definition) is 3. The van der Waals surface area contributed by atoms with E-state index in [1.807, 2.05) is 0 Å². The number of piperidine rings is 1. The summed E-state index contributed by atoms with van der Waals surface area (Å²) in [5.41, 5.74) is 5.32. The quantitative estimate of drug-likeness (QED) is 0.714. The second-order valence-corrected chi connectivity index (χ2v) is 6.82. The first-order valence-electron chi connectivity index (χ1n) is 7.79. The molecule has 0 radical (unpaired) electrons. The van der Waals surface area contributed by atoms with Gasteiger partial charge in [-0.2, -0.15) is 0 Å². The van der Waals surface area contributed by atoms with Crippen LogP contribution in [-0.2, 0) is 4.79 Å². The molecule has 1 heterocycles. The Morgan fingerprint density at radius 3 is 2.47 bits per heavy atom. The Hall–Kier alpha value is -0.610. The second kappa shape index (κ2) is 6.23. The van der Waals surface area contributed by atoms with E-state index in [2.05, 4.69) is 24.1 Å². The van der Waals surface area contributed by atoms with Crippen molar-refractivity contribution >= 4 is 5.91 Å². The van der Waals surface area contributed by atoms with Crippen LogP contribution >= 0.6 is 0 Å². The van der Waals surface area contributed by atoms with Gasteiger partial charge in [-0.15, -0.1) is 0 Å². The van der Waals surface area contributed by atoms with Crippen LogP contribution in [0.1, 0.15) is 46.0 Å². The van der Waals surface area contributed by atoms with Crippen LogP contribution in [-0.4, -0.2) is 42.5 Å². The molecule has 4 heteroatoms. The summed E-state index contributed by atoms with van der Waals surface area (Å²) >= 11 is 0. The highest BCUT2D eigenvalue weighted by molar-refractivity contribution is 5.88. The molecule has 1 saturated carbocycles. The minimum Gasteiger partial charge on any atom is -0.355 e. The van der Waals surface area contributed by atoms with E-state index in [-0.39, 0.29) is 5.91 Å². The van der Waals surface area contributed by atoms with Gasteiger partial charge in [0.1, 0.15) is 0 Å². The van der Waals surface area contributed by atoms with Crippen LogP contribution in [0.2, 0.25) is 0 Å². The van der Waals surface area contributed by atoms with Gasteiger partial charge < -0.3 is 16.0 Å². The fourth-order valence-corrected chi connectivity index (χ4v) is 3.17. The number of nitrogens with zero attached hydrogens (tertiary/aromatic N) is 1. The largest absolute Gasteiger partial charge is 0.355 e. The van der Waals surface area contributed by atoms with Crippen LogP contribution in [0.4, 0.5) is 0 Å². The Labute approximate surface area is 117 Å². The highest BCUT2D eigenvalue weighted by Gasteiger charge is 2.45. The van der Waals surface area contributed by atoms with Gasteiger partial charge in [0.15, 0.2) is 0 Å². The third-order valence-electron chi connectivity index (χ3n) is 4.37. The topological polar surface area (TPSA) is 58.4 Å². The van der Waals surface area contributed by atoms with E-state index in [0.717, 1.165) is 50.6 Å². The summed E-state index contributed by atoms with van der Waals surface area (Å²) in [6, 6.07) is 0. The zero-order valence-electron chi connectivity index (χ0n) is 12.5.